The Hall–Kier alpha value is -3.15. The van der Waals surface area contributed by atoms with E-state index in [1.54, 1.807) is 17.0 Å². The van der Waals surface area contributed by atoms with Gasteiger partial charge in [0.2, 0.25) is 5.91 Å². The molecule has 0 unspecified atom stereocenters. The first-order valence-corrected chi connectivity index (χ1v) is 10.0. The normalized spacial score (nSPS) is 17.5. The van der Waals surface area contributed by atoms with E-state index >= 15 is 0 Å². The van der Waals surface area contributed by atoms with Crippen LogP contribution in [0.3, 0.4) is 0 Å². The van der Waals surface area contributed by atoms with Crippen molar-refractivity contribution < 1.29 is 19.1 Å². The second kappa shape index (κ2) is 8.07. The molecule has 0 atom stereocenters. The molecule has 1 aliphatic heterocycles. The summed E-state index contributed by atoms with van der Waals surface area (Å²) in [6.07, 6.45) is 3.91. The van der Waals surface area contributed by atoms with Crippen LogP contribution in [0.1, 0.15) is 37.7 Å². The third-order valence-electron chi connectivity index (χ3n) is 5.79. The van der Waals surface area contributed by atoms with Crippen molar-refractivity contribution in [3.8, 4) is 0 Å². The van der Waals surface area contributed by atoms with Gasteiger partial charge in [0, 0.05) is 24.3 Å². The fourth-order valence-electron chi connectivity index (χ4n) is 4.01. The molecule has 0 bridgehead atoms. The van der Waals surface area contributed by atoms with Crippen LogP contribution in [-0.4, -0.2) is 30.9 Å². The van der Waals surface area contributed by atoms with Crippen molar-refractivity contribution in [3.05, 3.63) is 60.2 Å². The fraction of sp³-hybridized carbons (Fsp3) is 0.348. The summed E-state index contributed by atoms with van der Waals surface area (Å²) >= 11 is 0. The van der Waals surface area contributed by atoms with Gasteiger partial charge in [0.15, 0.2) is 6.61 Å². The highest BCUT2D eigenvalue weighted by Gasteiger charge is 2.47. The molecule has 2 aliphatic rings. The number of nitrogens with one attached hydrogen (secondary N) is 1. The zero-order valence-electron chi connectivity index (χ0n) is 16.2. The average molecular weight is 392 g/mol. The maximum atomic E-state index is 12.7. The third-order valence-corrected chi connectivity index (χ3v) is 5.79. The van der Waals surface area contributed by atoms with Crippen molar-refractivity contribution in [2.75, 3.05) is 23.4 Å². The van der Waals surface area contributed by atoms with Gasteiger partial charge in [-0.2, -0.15) is 0 Å². The van der Waals surface area contributed by atoms with Crippen LogP contribution in [-0.2, 0) is 24.5 Å². The third kappa shape index (κ3) is 3.88. The van der Waals surface area contributed by atoms with E-state index in [1.807, 2.05) is 42.5 Å². The molecule has 4 rings (SSSR count). The zero-order valence-corrected chi connectivity index (χ0v) is 16.2. The summed E-state index contributed by atoms with van der Waals surface area (Å²) in [5, 5.41) is 2.73. The lowest BCUT2D eigenvalue weighted by molar-refractivity contribution is -0.156. The van der Waals surface area contributed by atoms with Gasteiger partial charge in [0.1, 0.15) is 0 Å². The predicted octanol–water partition coefficient (Wildman–Crippen LogP) is 3.42. The van der Waals surface area contributed by atoms with E-state index in [1.165, 1.54) is 0 Å². The van der Waals surface area contributed by atoms with Gasteiger partial charge in [-0.05, 0) is 49.1 Å². The van der Waals surface area contributed by atoms with Crippen LogP contribution >= 0.6 is 0 Å². The Kier molecular flexibility index (Phi) is 5.34. The van der Waals surface area contributed by atoms with E-state index in [-0.39, 0.29) is 24.4 Å². The maximum Gasteiger partial charge on any atom is 0.317 e. The van der Waals surface area contributed by atoms with E-state index in [0.29, 0.717) is 12.1 Å². The molecule has 2 aromatic rings. The molecule has 0 aromatic heterocycles. The minimum absolute atomic E-state index is 0.122. The Morgan fingerprint density at radius 2 is 1.72 bits per heavy atom. The molecule has 2 fully saturated rings. The number of hydrogen-bond acceptors (Lipinski definition) is 4. The molecule has 1 saturated heterocycles. The maximum absolute atomic E-state index is 12.7. The number of rotatable bonds is 6. The molecule has 1 N–H and O–H groups in total. The molecular formula is C23H24N2O4. The van der Waals surface area contributed by atoms with Crippen LogP contribution in [0.15, 0.2) is 54.6 Å². The van der Waals surface area contributed by atoms with Crippen LogP contribution in [0.5, 0.6) is 0 Å². The number of amides is 2. The minimum atomic E-state index is -0.620. The zero-order chi connectivity index (χ0) is 20.3. The Morgan fingerprint density at radius 1 is 1.00 bits per heavy atom. The van der Waals surface area contributed by atoms with Gasteiger partial charge in [-0.25, -0.2) is 0 Å². The van der Waals surface area contributed by atoms with Crippen LogP contribution < -0.4 is 10.2 Å². The molecule has 1 aliphatic carbocycles. The molecule has 1 heterocycles. The molecule has 2 amide bonds. The van der Waals surface area contributed by atoms with Crippen molar-refractivity contribution >= 4 is 29.2 Å². The average Bonchev–Trinajstić information content (AvgIpc) is 3.13. The molecular weight excluding hydrogens is 368 g/mol. The van der Waals surface area contributed by atoms with E-state index in [4.69, 9.17) is 4.74 Å². The van der Waals surface area contributed by atoms with Crippen LogP contribution in [0.2, 0.25) is 0 Å². The summed E-state index contributed by atoms with van der Waals surface area (Å²) in [4.78, 5) is 38.5. The van der Waals surface area contributed by atoms with Gasteiger partial charge in [0.05, 0.1) is 5.41 Å². The number of anilines is 2. The molecule has 0 radical (unpaired) electrons. The molecule has 150 valence electrons. The standard InChI is InChI=1S/C23H24N2O4/c26-20(24-18-9-11-19(12-10-18)25-15-4-8-21(25)27)16-29-22(28)23(13-5-14-23)17-6-2-1-3-7-17/h1-3,6-7,9-12H,4-5,8,13-16H2,(H,24,26). The first kappa shape index (κ1) is 19.2. The van der Waals surface area contributed by atoms with Gasteiger partial charge in [-0.1, -0.05) is 36.8 Å². The second-order valence-corrected chi connectivity index (χ2v) is 7.62. The minimum Gasteiger partial charge on any atom is -0.455 e. The van der Waals surface area contributed by atoms with Crippen LogP contribution in [0.25, 0.3) is 0 Å². The summed E-state index contributed by atoms with van der Waals surface area (Å²) in [5.41, 5.74) is 1.75. The highest BCUT2D eigenvalue weighted by Crippen LogP contribution is 2.44. The highest BCUT2D eigenvalue weighted by molar-refractivity contribution is 5.96. The Bertz CT molecular complexity index is 904. The smallest absolute Gasteiger partial charge is 0.317 e. The van der Waals surface area contributed by atoms with Crippen molar-refractivity contribution in [3.63, 3.8) is 0 Å². The van der Waals surface area contributed by atoms with Gasteiger partial charge >= 0.3 is 5.97 Å². The van der Waals surface area contributed by atoms with Crippen LogP contribution in [0, 0.1) is 0 Å². The second-order valence-electron chi connectivity index (χ2n) is 7.62. The highest BCUT2D eigenvalue weighted by atomic mass is 16.5. The Balaban J connectivity index is 1.32. The number of esters is 1. The SMILES string of the molecule is O=C(COC(=O)C1(c2ccccc2)CCC1)Nc1ccc(N2CCCC2=O)cc1. The number of benzene rings is 2. The molecule has 1 saturated carbocycles. The van der Waals surface area contributed by atoms with Gasteiger partial charge in [-0.3, -0.25) is 14.4 Å². The molecule has 2 aromatic carbocycles. The summed E-state index contributed by atoms with van der Waals surface area (Å²) in [6, 6.07) is 16.7. The predicted molar refractivity (Wildman–Crippen MR) is 110 cm³/mol. The summed E-state index contributed by atoms with van der Waals surface area (Å²) in [7, 11) is 0. The molecule has 0 spiro atoms. The van der Waals surface area contributed by atoms with Crippen LogP contribution in [0.4, 0.5) is 11.4 Å². The summed E-state index contributed by atoms with van der Waals surface area (Å²) in [6.45, 7) is 0.406. The Labute approximate surface area is 169 Å². The quantitative estimate of drug-likeness (QED) is 0.765. The number of carbonyl (C=O) groups is 3. The summed E-state index contributed by atoms with van der Waals surface area (Å²) in [5.74, 6) is -0.601. The molecule has 6 nitrogen and oxygen atoms in total. The van der Waals surface area contributed by atoms with Gasteiger partial charge < -0.3 is 15.0 Å². The van der Waals surface area contributed by atoms with Gasteiger partial charge in [-0.15, -0.1) is 0 Å². The monoisotopic (exact) mass is 392 g/mol. The van der Waals surface area contributed by atoms with E-state index < -0.39 is 5.41 Å². The first-order chi connectivity index (χ1) is 14.1. The summed E-state index contributed by atoms with van der Waals surface area (Å²) < 4.78 is 5.35. The largest absolute Gasteiger partial charge is 0.455 e. The number of nitrogens with zero attached hydrogens (tertiary/aromatic N) is 1. The van der Waals surface area contributed by atoms with Gasteiger partial charge in [0.25, 0.3) is 5.91 Å². The van der Waals surface area contributed by atoms with E-state index in [0.717, 1.165) is 43.5 Å². The molecule has 6 heteroatoms. The van der Waals surface area contributed by atoms with Crippen molar-refractivity contribution in [2.24, 2.45) is 0 Å². The van der Waals surface area contributed by atoms with E-state index in [9.17, 15) is 14.4 Å². The lowest BCUT2D eigenvalue weighted by Gasteiger charge is -2.39. The van der Waals surface area contributed by atoms with Crippen molar-refractivity contribution in [2.45, 2.75) is 37.5 Å². The molecule has 29 heavy (non-hydrogen) atoms. The van der Waals surface area contributed by atoms with Crippen molar-refractivity contribution in [1.29, 1.82) is 0 Å². The number of ether oxygens (including phenoxy) is 1. The lowest BCUT2D eigenvalue weighted by atomic mass is 9.64. The number of hydrogen-bond donors (Lipinski definition) is 1. The topological polar surface area (TPSA) is 75.7 Å². The lowest BCUT2D eigenvalue weighted by Crippen LogP contribution is -2.44. The fourth-order valence-corrected chi connectivity index (χ4v) is 4.01. The van der Waals surface area contributed by atoms with Crippen molar-refractivity contribution in [1.82, 2.24) is 0 Å². The Morgan fingerprint density at radius 3 is 2.31 bits per heavy atom. The number of carbonyl (C=O) groups excluding carboxylic acids is 3. The first-order valence-electron chi connectivity index (χ1n) is 10.0. The van der Waals surface area contributed by atoms with E-state index in [2.05, 4.69) is 5.32 Å².